The maximum atomic E-state index is 6.66. The summed E-state index contributed by atoms with van der Waals surface area (Å²) < 4.78 is 44.4. The highest BCUT2D eigenvalue weighted by Crippen LogP contribution is 2.55. The molecule has 3 heterocycles. The van der Waals surface area contributed by atoms with Gasteiger partial charge in [-0.3, -0.25) is 0 Å². The molecule has 1 unspecified atom stereocenters. The zero-order valence-corrected chi connectivity index (χ0v) is 19.2. The minimum Gasteiger partial charge on any atom is -0.493 e. The number of fused-ring (bicyclic) bond motifs is 2. The van der Waals surface area contributed by atoms with Crippen LogP contribution in [0.15, 0.2) is 11.2 Å². The standard InChI is InChI=1S/C22H22ClNO9/c1-25-13-6-10(16(26-2)21-17(13)29-8-31-21)5-11-7-12(24-33-11)14-15(23)19-22(32-9-30-19)20(28-4)18(14)27-3/h6,11H,5,7-9H2,1-4H3. The summed E-state index contributed by atoms with van der Waals surface area (Å²) in [7, 11) is 6.19. The first-order valence-electron chi connectivity index (χ1n) is 10.1. The lowest BCUT2D eigenvalue weighted by atomic mass is 9.97. The van der Waals surface area contributed by atoms with Gasteiger partial charge in [0.2, 0.25) is 36.6 Å². The van der Waals surface area contributed by atoms with Crippen LogP contribution in [-0.2, 0) is 11.3 Å². The third-order valence-electron chi connectivity index (χ3n) is 5.61. The number of hydrogen-bond acceptors (Lipinski definition) is 10. The number of methoxy groups -OCH3 is 4. The molecule has 0 bridgehead atoms. The van der Waals surface area contributed by atoms with Gasteiger partial charge in [0.15, 0.2) is 23.0 Å². The molecule has 5 rings (SSSR count). The summed E-state index contributed by atoms with van der Waals surface area (Å²) in [5.41, 5.74) is 1.98. The number of oxime groups is 1. The van der Waals surface area contributed by atoms with E-state index in [1.807, 2.05) is 6.07 Å². The Labute approximate surface area is 194 Å². The third-order valence-corrected chi connectivity index (χ3v) is 5.97. The van der Waals surface area contributed by atoms with Crippen LogP contribution in [0.2, 0.25) is 5.02 Å². The fourth-order valence-corrected chi connectivity index (χ4v) is 4.54. The van der Waals surface area contributed by atoms with Crippen LogP contribution in [0.25, 0.3) is 0 Å². The molecule has 0 saturated heterocycles. The summed E-state index contributed by atoms with van der Waals surface area (Å²) in [6.07, 6.45) is 0.639. The van der Waals surface area contributed by atoms with Crippen molar-refractivity contribution in [2.75, 3.05) is 42.0 Å². The Bertz CT molecular complexity index is 1130. The molecule has 11 heteroatoms. The summed E-state index contributed by atoms with van der Waals surface area (Å²) in [5, 5.41) is 4.62. The van der Waals surface area contributed by atoms with Crippen LogP contribution in [0, 0.1) is 0 Å². The van der Waals surface area contributed by atoms with E-state index in [1.165, 1.54) is 14.2 Å². The number of ether oxygens (including phenoxy) is 8. The van der Waals surface area contributed by atoms with Crippen molar-refractivity contribution in [3.8, 4) is 46.0 Å². The zero-order valence-electron chi connectivity index (χ0n) is 18.5. The van der Waals surface area contributed by atoms with Gasteiger partial charge >= 0.3 is 0 Å². The Morgan fingerprint density at radius 2 is 1.48 bits per heavy atom. The lowest BCUT2D eigenvalue weighted by Crippen LogP contribution is -2.14. The molecule has 3 aliphatic rings. The monoisotopic (exact) mass is 479 g/mol. The van der Waals surface area contributed by atoms with E-state index >= 15 is 0 Å². The largest absolute Gasteiger partial charge is 0.493 e. The highest BCUT2D eigenvalue weighted by atomic mass is 35.5. The van der Waals surface area contributed by atoms with E-state index in [9.17, 15) is 0 Å². The number of nitrogens with zero attached hydrogens (tertiary/aromatic N) is 1. The molecule has 0 fully saturated rings. The molecule has 0 radical (unpaired) electrons. The van der Waals surface area contributed by atoms with Crippen molar-refractivity contribution in [1.82, 2.24) is 0 Å². The average molecular weight is 480 g/mol. The van der Waals surface area contributed by atoms with E-state index in [2.05, 4.69) is 5.16 Å². The normalized spacial score (nSPS) is 17.5. The first-order chi connectivity index (χ1) is 16.1. The highest BCUT2D eigenvalue weighted by molar-refractivity contribution is 6.36. The van der Waals surface area contributed by atoms with Gasteiger partial charge in [-0.15, -0.1) is 0 Å². The molecule has 33 heavy (non-hydrogen) atoms. The predicted octanol–water partition coefficient (Wildman–Crippen LogP) is 3.57. The first-order valence-corrected chi connectivity index (χ1v) is 10.5. The summed E-state index contributed by atoms with van der Waals surface area (Å²) >= 11 is 6.66. The molecule has 2 aromatic rings. The van der Waals surface area contributed by atoms with Gasteiger partial charge in [0.05, 0.1) is 44.7 Å². The molecule has 0 aliphatic carbocycles. The summed E-state index contributed by atoms with van der Waals surface area (Å²) in [6, 6.07) is 1.85. The van der Waals surface area contributed by atoms with Gasteiger partial charge in [-0.1, -0.05) is 16.8 Å². The van der Waals surface area contributed by atoms with Crippen LogP contribution >= 0.6 is 11.6 Å². The quantitative estimate of drug-likeness (QED) is 0.590. The van der Waals surface area contributed by atoms with Crippen LogP contribution in [0.3, 0.4) is 0 Å². The van der Waals surface area contributed by atoms with Gasteiger partial charge in [0.25, 0.3) is 0 Å². The van der Waals surface area contributed by atoms with E-state index < -0.39 is 0 Å². The molecule has 0 N–H and O–H groups in total. The molecule has 0 aromatic heterocycles. The zero-order chi connectivity index (χ0) is 23.1. The van der Waals surface area contributed by atoms with Gasteiger partial charge < -0.3 is 42.7 Å². The van der Waals surface area contributed by atoms with E-state index in [-0.39, 0.29) is 19.7 Å². The minimum absolute atomic E-state index is 0.0371. The van der Waals surface area contributed by atoms with Gasteiger partial charge in [-0.25, -0.2) is 0 Å². The molecular formula is C22H22ClNO9. The fourth-order valence-electron chi connectivity index (χ4n) is 4.20. The van der Waals surface area contributed by atoms with E-state index in [0.29, 0.717) is 75.1 Å². The Kier molecular flexibility index (Phi) is 5.53. The van der Waals surface area contributed by atoms with E-state index in [0.717, 1.165) is 5.56 Å². The predicted molar refractivity (Wildman–Crippen MR) is 116 cm³/mol. The third kappa shape index (κ3) is 3.36. The second kappa shape index (κ2) is 8.51. The van der Waals surface area contributed by atoms with Crippen molar-refractivity contribution >= 4 is 17.3 Å². The molecule has 2 aromatic carbocycles. The van der Waals surface area contributed by atoms with Gasteiger partial charge in [-0.05, 0) is 6.07 Å². The molecule has 1 atom stereocenters. The van der Waals surface area contributed by atoms with Crippen molar-refractivity contribution in [1.29, 1.82) is 0 Å². The summed E-state index contributed by atoms with van der Waals surface area (Å²) in [5.74, 6) is 3.73. The van der Waals surface area contributed by atoms with Crippen LogP contribution in [0.4, 0.5) is 0 Å². The second-order valence-electron chi connectivity index (χ2n) is 7.33. The van der Waals surface area contributed by atoms with Crippen molar-refractivity contribution < 1.29 is 42.7 Å². The molecule has 3 aliphatic heterocycles. The Morgan fingerprint density at radius 3 is 2.15 bits per heavy atom. The van der Waals surface area contributed by atoms with Gasteiger partial charge in [0, 0.05) is 18.4 Å². The number of hydrogen-bond donors (Lipinski definition) is 0. The number of rotatable bonds is 7. The van der Waals surface area contributed by atoms with Crippen LogP contribution in [0.5, 0.6) is 46.0 Å². The SMILES string of the molecule is COc1cc(CC2CC(c3c(Cl)c4c(c(OC)c3OC)OCO4)=NO2)c(OC)c2c1OCO2. The van der Waals surface area contributed by atoms with E-state index in [4.69, 9.17) is 54.3 Å². The molecule has 0 spiro atoms. The lowest BCUT2D eigenvalue weighted by molar-refractivity contribution is 0.0853. The Morgan fingerprint density at radius 1 is 0.848 bits per heavy atom. The maximum Gasteiger partial charge on any atom is 0.231 e. The smallest absolute Gasteiger partial charge is 0.231 e. The van der Waals surface area contributed by atoms with E-state index in [1.54, 1.807) is 14.2 Å². The Balaban J connectivity index is 1.45. The van der Waals surface area contributed by atoms with Crippen molar-refractivity contribution in [3.63, 3.8) is 0 Å². The molecule has 0 amide bonds. The maximum absolute atomic E-state index is 6.66. The van der Waals surface area contributed by atoms with Crippen molar-refractivity contribution in [2.24, 2.45) is 5.16 Å². The lowest BCUT2D eigenvalue weighted by Gasteiger charge is -2.17. The molecular weight excluding hydrogens is 458 g/mol. The average Bonchev–Trinajstić information content (AvgIpc) is 3.59. The molecule has 176 valence electrons. The van der Waals surface area contributed by atoms with Crippen molar-refractivity contribution in [2.45, 2.75) is 18.9 Å². The van der Waals surface area contributed by atoms with Crippen LogP contribution in [0.1, 0.15) is 17.5 Å². The second-order valence-corrected chi connectivity index (χ2v) is 7.71. The fraction of sp³-hybridized carbons (Fsp3) is 0.409. The number of benzene rings is 2. The molecule has 0 saturated carbocycles. The Hall–Kier alpha value is -3.40. The topological polar surface area (TPSA) is 95.4 Å². The van der Waals surface area contributed by atoms with Crippen molar-refractivity contribution in [3.05, 3.63) is 22.2 Å². The highest BCUT2D eigenvalue weighted by Gasteiger charge is 2.36. The summed E-state index contributed by atoms with van der Waals surface area (Å²) in [4.78, 5) is 5.76. The summed E-state index contributed by atoms with van der Waals surface area (Å²) in [6.45, 7) is 0.137. The van der Waals surface area contributed by atoms with Gasteiger partial charge in [0.1, 0.15) is 6.10 Å². The van der Waals surface area contributed by atoms with Crippen LogP contribution in [-0.4, -0.2) is 53.8 Å². The molecule has 10 nitrogen and oxygen atoms in total. The minimum atomic E-state index is -0.295. The van der Waals surface area contributed by atoms with Crippen LogP contribution < -0.4 is 37.9 Å². The number of halogens is 1. The van der Waals surface area contributed by atoms with Gasteiger partial charge in [-0.2, -0.15) is 0 Å². The first kappa shape index (κ1) is 21.4.